The standard InChI is InChI=1S/C6H9AsBrNS/c1-7(2)3-5-6(8)10-4-9-5/h4H,3H2,1-2H3. The zero-order chi connectivity index (χ0) is 7.56. The first-order valence-corrected chi connectivity index (χ1v) is 9.68. The van der Waals surface area contributed by atoms with E-state index in [0.29, 0.717) is 0 Å². The average molecular weight is 282 g/mol. The summed E-state index contributed by atoms with van der Waals surface area (Å²) in [5.74, 6) is 0. The van der Waals surface area contributed by atoms with Crippen LogP contribution in [0.2, 0.25) is 11.4 Å². The third kappa shape index (κ3) is 2.37. The Kier molecular flexibility index (Phi) is 3.41. The van der Waals surface area contributed by atoms with Crippen LogP contribution in [0.5, 0.6) is 0 Å². The Hall–Kier alpha value is 0.668. The molecule has 4 heteroatoms. The molecule has 1 heterocycles. The molecule has 1 nitrogen and oxygen atoms in total. The van der Waals surface area contributed by atoms with Gasteiger partial charge in [0.15, 0.2) is 0 Å². The Morgan fingerprint density at radius 2 is 2.40 bits per heavy atom. The van der Waals surface area contributed by atoms with Gasteiger partial charge in [-0.2, -0.15) is 0 Å². The second-order valence-corrected chi connectivity index (χ2v) is 9.68. The van der Waals surface area contributed by atoms with Crippen LogP contribution in [0.3, 0.4) is 0 Å². The van der Waals surface area contributed by atoms with Gasteiger partial charge in [0.25, 0.3) is 0 Å². The van der Waals surface area contributed by atoms with Gasteiger partial charge in [0.2, 0.25) is 0 Å². The van der Waals surface area contributed by atoms with Crippen LogP contribution in [0.4, 0.5) is 0 Å². The summed E-state index contributed by atoms with van der Waals surface area (Å²) in [4.78, 5) is 4.26. The van der Waals surface area contributed by atoms with Crippen LogP contribution >= 0.6 is 27.3 Å². The molecule has 0 atom stereocenters. The maximum absolute atomic E-state index is 4.26. The Balaban J connectivity index is 2.65. The molecule has 0 N–H and O–H groups in total. The number of aromatic nitrogens is 1. The van der Waals surface area contributed by atoms with Crippen molar-refractivity contribution >= 4 is 41.9 Å². The van der Waals surface area contributed by atoms with E-state index < -0.39 is 14.7 Å². The molecule has 0 radical (unpaired) electrons. The predicted molar refractivity (Wildman–Crippen MR) is 51.0 cm³/mol. The van der Waals surface area contributed by atoms with E-state index >= 15 is 0 Å². The summed E-state index contributed by atoms with van der Waals surface area (Å²) in [6.45, 7) is 0. The number of halogens is 1. The molecule has 0 spiro atoms. The van der Waals surface area contributed by atoms with Crippen LogP contribution in [-0.4, -0.2) is 19.6 Å². The first-order valence-electron chi connectivity index (χ1n) is 2.92. The molecule has 0 unspecified atom stereocenters. The fraction of sp³-hybridized carbons (Fsp3) is 0.500. The summed E-state index contributed by atoms with van der Waals surface area (Å²) in [6.07, 6.45) is 0. The van der Waals surface area contributed by atoms with Gasteiger partial charge in [0.1, 0.15) is 0 Å². The zero-order valence-corrected chi connectivity index (χ0v) is 10.2. The van der Waals surface area contributed by atoms with E-state index in [1.807, 2.05) is 5.51 Å². The normalized spacial score (nSPS) is 10.8. The molecule has 1 aromatic heterocycles. The van der Waals surface area contributed by atoms with E-state index in [4.69, 9.17) is 0 Å². The summed E-state index contributed by atoms with van der Waals surface area (Å²) in [7, 11) is 0. The molecule has 0 aromatic carbocycles. The summed E-state index contributed by atoms with van der Waals surface area (Å²) < 4.78 is 1.22. The van der Waals surface area contributed by atoms with E-state index in [1.165, 1.54) is 14.7 Å². The quantitative estimate of drug-likeness (QED) is 0.760. The maximum atomic E-state index is 4.26. The van der Waals surface area contributed by atoms with E-state index in [9.17, 15) is 0 Å². The van der Waals surface area contributed by atoms with Crippen molar-refractivity contribution in [1.29, 1.82) is 0 Å². The van der Waals surface area contributed by atoms with E-state index in [1.54, 1.807) is 11.3 Å². The second-order valence-electron chi connectivity index (χ2n) is 2.31. The van der Waals surface area contributed by atoms with Crippen molar-refractivity contribution in [3.8, 4) is 0 Å². The number of rotatable bonds is 2. The molecule has 0 amide bonds. The number of nitrogens with zero attached hydrogens (tertiary/aromatic N) is 1. The van der Waals surface area contributed by atoms with Crippen LogP contribution in [0.1, 0.15) is 5.69 Å². The third-order valence-electron chi connectivity index (χ3n) is 1.06. The van der Waals surface area contributed by atoms with E-state index in [2.05, 4.69) is 32.3 Å². The number of hydrogen-bond donors (Lipinski definition) is 0. The summed E-state index contributed by atoms with van der Waals surface area (Å²) in [6, 6.07) is 0. The Morgan fingerprint density at radius 1 is 1.70 bits per heavy atom. The molecule has 0 fully saturated rings. The predicted octanol–water partition coefficient (Wildman–Crippen LogP) is 2.74. The van der Waals surface area contributed by atoms with Crippen molar-refractivity contribution in [2.24, 2.45) is 0 Å². The SMILES string of the molecule is C[As](C)Cc1ncsc1Br. The van der Waals surface area contributed by atoms with Crippen molar-refractivity contribution in [1.82, 2.24) is 4.98 Å². The second kappa shape index (κ2) is 3.89. The molecule has 0 aliphatic heterocycles. The summed E-state index contributed by atoms with van der Waals surface area (Å²) >= 11 is 4.61. The number of hydrogen-bond acceptors (Lipinski definition) is 2. The molecule has 1 aromatic rings. The molecular weight excluding hydrogens is 273 g/mol. The summed E-state index contributed by atoms with van der Waals surface area (Å²) in [5.41, 5.74) is 7.85. The molecule has 0 bridgehead atoms. The van der Waals surface area contributed by atoms with Gasteiger partial charge >= 0.3 is 78.5 Å². The van der Waals surface area contributed by atoms with Crippen molar-refractivity contribution in [3.63, 3.8) is 0 Å². The van der Waals surface area contributed by atoms with Gasteiger partial charge < -0.3 is 0 Å². The first-order chi connectivity index (χ1) is 4.70. The van der Waals surface area contributed by atoms with Gasteiger partial charge in [-0.15, -0.1) is 0 Å². The minimum absolute atomic E-state index is 0.536. The fourth-order valence-corrected chi connectivity index (χ4v) is 4.15. The van der Waals surface area contributed by atoms with Crippen LogP contribution in [0.25, 0.3) is 0 Å². The minimum atomic E-state index is -0.536. The zero-order valence-electron chi connectivity index (χ0n) is 5.97. The molecule has 10 heavy (non-hydrogen) atoms. The third-order valence-corrected chi connectivity index (χ3v) is 4.68. The summed E-state index contributed by atoms with van der Waals surface area (Å²) in [5, 5.41) is 1.22. The van der Waals surface area contributed by atoms with E-state index in [0.717, 1.165) is 0 Å². The van der Waals surface area contributed by atoms with Gasteiger partial charge in [0, 0.05) is 0 Å². The Labute approximate surface area is 78.3 Å². The topological polar surface area (TPSA) is 12.9 Å². The molecule has 0 aliphatic rings. The van der Waals surface area contributed by atoms with Crippen molar-refractivity contribution in [2.45, 2.75) is 16.6 Å². The number of thiazole rings is 1. The van der Waals surface area contributed by atoms with Crippen molar-refractivity contribution in [2.75, 3.05) is 0 Å². The van der Waals surface area contributed by atoms with Gasteiger partial charge in [0.05, 0.1) is 0 Å². The monoisotopic (exact) mass is 281 g/mol. The van der Waals surface area contributed by atoms with Gasteiger partial charge in [-0.25, -0.2) is 0 Å². The van der Waals surface area contributed by atoms with Gasteiger partial charge in [-0.05, 0) is 0 Å². The van der Waals surface area contributed by atoms with Gasteiger partial charge in [-0.1, -0.05) is 0 Å². The molecular formula is C6H9AsBrNS. The van der Waals surface area contributed by atoms with Crippen LogP contribution in [0, 0.1) is 0 Å². The van der Waals surface area contributed by atoms with E-state index in [-0.39, 0.29) is 0 Å². The van der Waals surface area contributed by atoms with Gasteiger partial charge in [-0.3, -0.25) is 0 Å². The molecule has 0 saturated carbocycles. The Bertz CT molecular complexity index is 211. The van der Waals surface area contributed by atoms with Crippen LogP contribution < -0.4 is 0 Å². The van der Waals surface area contributed by atoms with Crippen LogP contribution in [-0.2, 0) is 5.21 Å². The molecule has 0 saturated heterocycles. The fourth-order valence-electron chi connectivity index (χ4n) is 0.658. The molecule has 56 valence electrons. The average Bonchev–Trinajstić information content (AvgIpc) is 2.15. The van der Waals surface area contributed by atoms with Crippen molar-refractivity contribution in [3.05, 3.63) is 15.0 Å². The first kappa shape index (κ1) is 8.76. The van der Waals surface area contributed by atoms with Crippen LogP contribution in [0.15, 0.2) is 9.30 Å². The molecule has 0 aliphatic carbocycles. The molecule has 1 rings (SSSR count). The Morgan fingerprint density at radius 3 is 2.80 bits per heavy atom. The van der Waals surface area contributed by atoms with Crippen molar-refractivity contribution < 1.29 is 0 Å².